The van der Waals surface area contributed by atoms with Crippen LogP contribution in [0.15, 0.2) is 36.5 Å². The molecule has 0 unspecified atom stereocenters. The molecule has 0 radical (unpaired) electrons. The Hall–Kier alpha value is -2.38. The lowest BCUT2D eigenvalue weighted by Crippen LogP contribution is -2.49. The molecule has 2 aromatic rings. The van der Waals surface area contributed by atoms with Crippen LogP contribution in [0.5, 0.6) is 5.75 Å². The summed E-state index contributed by atoms with van der Waals surface area (Å²) in [6, 6.07) is 9.52. The van der Waals surface area contributed by atoms with Crippen molar-refractivity contribution in [2.24, 2.45) is 11.1 Å². The van der Waals surface area contributed by atoms with Crippen LogP contribution in [0.2, 0.25) is 0 Å². The van der Waals surface area contributed by atoms with E-state index in [1.165, 1.54) is 0 Å². The highest BCUT2D eigenvalue weighted by atomic mass is 16.5. The lowest BCUT2D eigenvalue weighted by Gasteiger charge is -2.34. The number of hydrogen-bond acceptors (Lipinski definition) is 5. The van der Waals surface area contributed by atoms with Gasteiger partial charge in [-0.15, -0.1) is 0 Å². The molecule has 1 amide bonds. The zero-order valence-corrected chi connectivity index (χ0v) is 14.4. The van der Waals surface area contributed by atoms with E-state index in [1.807, 2.05) is 36.5 Å². The smallest absolute Gasteiger partial charge is 0.227 e. The Kier molecular flexibility index (Phi) is 5.35. The van der Waals surface area contributed by atoms with Crippen LogP contribution < -0.4 is 15.8 Å². The Labute approximate surface area is 147 Å². The van der Waals surface area contributed by atoms with Gasteiger partial charge in [-0.05, 0) is 43.2 Å². The highest BCUT2D eigenvalue weighted by Crippen LogP contribution is 2.29. The van der Waals surface area contributed by atoms with Crippen LogP contribution in [-0.2, 0) is 16.1 Å². The molecule has 134 valence electrons. The molecule has 1 aliphatic rings. The number of aromatic nitrogens is 2. The van der Waals surface area contributed by atoms with Gasteiger partial charge in [0.1, 0.15) is 5.75 Å². The van der Waals surface area contributed by atoms with E-state index in [9.17, 15) is 4.79 Å². The molecule has 0 aliphatic carbocycles. The summed E-state index contributed by atoms with van der Waals surface area (Å²) in [7, 11) is 1.64. The van der Waals surface area contributed by atoms with Crippen molar-refractivity contribution in [3.05, 3.63) is 42.2 Å². The second-order valence-corrected chi connectivity index (χ2v) is 6.23. The van der Waals surface area contributed by atoms with E-state index < -0.39 is 5.41 Å². The fraction of sp³-hybridized carbons (Fsp3) is 0.444. The Morgan fingerprint density at radius 2 is 2.04 bits per heavy atom. The summed E-state index contributed by atoms with van der Waals surface area (Å²) in [4.78, 5) is 12.6. The number of methoxy groups -OCH3 is 1. The molecule has 1 aromatic heterocycles. The maximum absolute atomic E-state index is 12.6. The lowest BCUT2D eigenvalue weighted by molar-refractivity contribution is -0.136. The van der Waals surface area contributed by atoms with Crippen molar-refractivity contribution in [1.82, 2.24) is 15.1 Å². The number of hydrogen-bond donors (Lipinski definition) is 2. The molecule has 1 saturated heterocycles. The van der Waals surface area contributed by atoms with E-state index >= 15 is 0 Å². The number of nitrogens with one attached hydrogen (secondary N) is 1. The Morgan fingerprint density at radius 3 is 2.68 bits per heavy atom. The average Bonchev–Trinajstić information content (AvgIpc) is 3.15. The van der Waals surface area contributed by atoms with E-state index in [1.54, 1.807) is 11.8 Å². The molecule has 0 saturated carbocycles. The van der Waals surface area contributed by atoms with Gasteiger partial charge in [0.05, 0.1) is 30.5 Å². The zero-order chi connectivity index (χ0) is 17.7. The molecule has 0 atom stereocenters. The van der Waals surface area contributed by atoms with Crippen LogP contribution in [0.4, 0.5) is 0 Å². The molecule has 0 spiro atoms. The lowest BCUT2D eigenvalue weighted by atomic mass is 9.79. The minimum atomic E-state index is -0.517. The van der Waals surface area contributed by atoms with Gasteiger partial charge in [0.15, 0.2) is 0 Å². The van der Waals surface area contributed by atoms with Gasteiger partial charge in [-0.3, -0.25) is 4.79 Å². The molecular formula is C18H24N4O3. The predicted molar refractivity (Wildman–Crippen MR) is 93.5 cm³/mol. The molecule has 3 N–H and O–H groups in total. The summed E-state index contributed by atoms with van der Waals surface area (Å²) >= 11 is 0. The summed E-state index contributed by atoms with van der Waals surface area (Å²) in [6.45, 7) is 1.88. The Morgan fingerprint density at radius 1 is 1.32 bits per heavy atom. The van der Waals surface area contributed by atoms with Crippen molar-refractivity contribution in [3.8, 4) is 11.4 Å². The van der Waals surface area contributed by atoms with E-state index in [-0.39, 0.29) is 5.91 Å². The molecule has 1 aliphatic heterocycles. The number of ether oxygens (including phenoxy) is 2. The van der Waals surface area contributed by atoms with Crippen LogP contribution in [-0.4, -0.2) is 42.6 Å². The number of benzene rings is 1. The molecule has 25 heavy (non-hydrogen) atoms. The van der Waals surface area contributed by atoms with Gasteiger partial charge >= 0.3 is 0 Å². The van der Waals surface area contributed by atoms with Crippen molar-refractivity contribution in [2.45, 2.75) is 19.4 Å². The zero-order valence-electron chi connectivity index (χ0n) is 14.4. The third kappa shape index (κ3) is 3.83. The van der Waals surface area contributed by atoms with Gasteiger partial charge in [-0.2, -0.15) is 5.10 Å². The first-order valence-electron chi connectivity index (χ1n) is 8.42. The highest BCUT2D eigenvalue weighted by molar-refractivity contribution is 5.83. The van der Waals surface area contributed by atoms with Crippen molar-refractivity contribution in [2.75, 3.05) is 26.9 Å². The number of carbonyl (C=O) groups is 1. The van der Waals surface area contributed by atoms with Gasteiger partial charge in [0.2, 0.25) is 5.91 Å². The molecular weight excluding hydrogens is 320 g/mol. The second-order valence-electron chi connectivity index (χ2n) is 6.23. The topological polar surface area (TPSA) is 91.4 Å². The molecule has 7 nitrogen and oxygen atoms in total. The monoisotopic (exact) mass is 344 g/mol. The third-order valence-corrected chi connectivity index (χ3v) is 4.73. The minimum Gasteiger partial charge on any atom is -0.497 e. The maximum Gasteiger partial charge on any atom is 0.227 e. The average molecular weight is 344 g/mol. The molecule has 2 heterocycles. The van der Waals surface area contributed by atoms with Gasteiger partial charge in [0, 0.05) is 26.0 Å². The number of carbonyl (C=O) groups excluding carboxylic acids is 1. The molecule has 3 rings (SSSR count). The Bertz CT molecular complexity index is 705. The quantitative estimate of drug-likeness (QED) is 0.823. The first-order valence-corrected chi connectivity index (χ1v) is 8.42. The number of nitrogens with zero attached hydrogens (tertiary/aromatic N) is 2. The molecule has 1 aromatic carbocycles. The first kappa shape index (κ1) is 17.4. The largest absolute Gasteiger partial charge is 0.497 e. The van der Waals surface area contributed by atoms with Crippen LogP contribution in [0.3, 0.4) is 0 Å². The first-order chi connectivity index (χ1) is 12.2. The summed E-state index contributed by atoms with van der Waals surface area (Å²) < 4.78 is 12.3. The second kappa shape index (κ2) is 7.67. The summed E-state index contributed by atoms with van der Waals surface area (Å²) in [6.07, 6.45) is 3.20. The fourth-order valence-corrected chi connectivity index (χ4v) is 2.98. The predicted octanol–water partition coefficient (Wildman–Crippen LogP) is 1.25. The SMILES string of the molecule is COc1ccc(-n2ccc(CNC(=O)C3(CN)CCOCC3)n2)cc1. The van der Waals surface area contributed by atoms with Gasteiger partial charge in [0.25, 0.3) is 0 Å². The number of rotatable bonds is 6. The summed E-state index contributed by atoms with van der Waals surface area (Å²) in [5.74, 6) is 0.782. The maximum atomic E-state index is 12.6. The fourth-order valence-electron chi connectivity index (χ4n) is 2.98. The van der Waals surface area contributed by atoms with Crippen molar-refractivity contribution in [1.29, 1.82) is 0 Å². The van der Waals surface area contributed by atoms with E-state index in [0.717, 1.165) is 17.1 Å². The van der Waals surface area contributed by atoms with Crippen molar-refractivity contribution >= 4 is 5.91 Å². The van der Waals surface area contributed by atoms with Crippen LogP contribution >= 0.6 is 0 Å². The van der Waals surface area contributed by atoms with E-state index in [4.69, 9.17) is 15.2 Å². The molecule has 1 fully saturated rings. The van der Waals surface area contributed by atoms with Crippen LogP contribution in [0.1, 0.15) is 18.5 Å². The number of amides is 1. The van der Waals surface area contributed by atoms with Crippen molar-refractivity contribution < 1.29 is 14.3 Å². The Balaban J connectivity index is 1.62. The normalized spacial score (nSPS) is 16.4. The standard InChI is InChI=1S/C18H24N4O3/c1-24-16-4-2-15(3-5-16)22-9-6-14(21-22)12-20-17(23)18(13-19)7-10-25-11-8-18/h2-6,9H,7-8,10-13,19H2,1H3,(H,20,23). The minimum absolute atomic E-state index is 0.0164. The van der Waals surface area contributed by atoms with Crippen LogP contribution in [0.25, 0.3) is 5.69 Å². The van der Waals surface area contributed by atoms with Gasteiger partial charge in [-0.25, -0.2) is 4.68 Å². The van der Waals surface area contributed by atoms with E-state index in [0.29, 0.717) is 39.1 Å². The third-order valence-electron chi connectivity index (χ3n) is 4.73. The summed E-state index contributed by atoms with van der Waals surface area (Å²) in [5.41, 5.74) is 7.07. The summed E-state index contributed by atoms with van der Waals surface area (Å²) in [5, 5.41) is 7.48. The van der Waals surface area contributed by atoms with Gasteiger partial charge in [-0.1, -0.05) is 0 Å². The van der Waals surface area contributed by atoms with E-state index in [2.05, 4.69) is 10.4 Å². The van der Waals surface area contributed by atoms with Crippen molar-refractivity contribution in [3.63, 3.8) is 0 Å². The van der Waals surface area contributed by atoms with Crippen LogP contribution in [0, 0.1) is 5.41 Å². The molecule has 0 bridgehead atoms. The number of nitrogens with two attached hydrogens (primary N) is 1. The highest BCUT2D eigenvalue weighted by Gasteiger charge is 2.38. The van der Waals surface area contributed by atoms with Gasteiger partial charge < -0.3 is 20.5 Å². The molecule has 7 heteroatoms.